The molecule has 0 amide bonds. The minimum Gasteiger partial charge on any atom is -0.382 e. The Labute approximate surface area is 198 Å². The van der Waals surface area contributed by atoms with Gasteiger partial charge in [0.1, 0.15) is 5.69 Å². The van der Waals surface area contributed by atoms with Crippen LogP contribution in [-0.4, -0.2) is 36.2 Å². The van der Waals surface area contributed by atoms with Gasteiger partial charge < -0.3 is 10.3 Å². The number of hydrogen-bond donors (Lipinski definition) is 3. The van der Waals surface area contributed by atoms with Crippen LogP contribution in [0.25, 0.3) is 54.9 Å². The second kappa shape index (κ2) is 8.03. The first kappa shape index (κ1) is 20.5. The highest BCUT2D eigenvalue weighted by Crippen LogP contribution is 2.36. The zero-order valence-corrected chi connectivity index (χ0v) is 19.2. The first-order chi connectivity index (χ1) is 16.5. The second-order valence-electron chi connectivity index (χ2n) is 8.38. The third-order valence-electron chi connectivity index (χ3n) is 5.58. The lowest BCUT2D eigenvalue weighted by atomic mass is 10.1. The molecular weight excluding hydrogens is 449 g/mol. The fourth-order valence-corrected chi connectivity index (χ4v) is 4.86. The van der Waals surface area contributed by atoms with E-state index in [0.29, 0.717) is 6.04 Å². The monoisotopic (exact) mass is 469 g/mol. The molecule has 7 nitrogen and oxygen atoms in total. The van der Waals surface area contributed by atoms with E-state index in [1.165, 1.54) is 6.07 Å². The number of rotatable bonds is 5. The van der Waals surface area contributed by atoms with E-state index < -0.39 is 0 Å². The molecule has 0 saturated heterocycles. The topological polar surface area (TPSA) is 95.2 Å². The SMILES string of the molecule is CC(C)Nc1cncc(-c2cc3c(-c4cc5c(-c6ccc(F)s6)cncc5[nH]4)n[nH]c3cn2)c1. The standard InChI is InChI=1S/C25H20FN7S/c1-13(2)30-15-5-14(8-27-9-15)19-7-17-22(12-29-19)32-33-25(17)20-6-16-18(10-28-11-21(16)31-20)23-3-4-24(26)34-23/h3-13,30-31H,1-2H3,(H,32,33). The third-order valence-corrected chi connectivity index (χ3v) is 6.48. The molecule has 6 aromatic heterocycles. The maximum absolute atomic E-state index is 13.6. The van der Waals surface area contributed by atoms with Crippen molar-refractivity contribution in [2.45, 2.75) is 19.9 Å². The predicted molar refractivity (Wildman–Crippen MR) is 134 cm³/mol. The molecule has 0 atom stereocenters. The van der Waals surface area contributed by atoms with Crippen molar-refractivity contribution >= 4 is 38.8 Å². The summed E-state index contributed by atoms with van der Waals surface area (Å²) in [6.45, 7) is 4.18. The number of pyridine rings is 3. The molecule has 0 radical (unpaired) electrons. The first-order valence-corrected chi connectivity index (χ1v) is 11.7. The average molecular weight is 470 g/mol. The first-order valence-electron chi connectivity index (χ1n) is 10.8. The van der Waals surface area contributed by atoms with Gasteiger partial charge in [0.2, 0.25) is 0 Å². The van der Waals surface area contributed by atoms with Crippen LogP contribution < -0.4 is 5.32 Å². The van der Waals surface area contributed by atoms with Gasteiger partial charge in [-0.15, -0.1) is 11.3 Å². The molecule has 6 heterocycles. The summed E-state index contributed by atoms with van der Waals surface area (Å²) >= 11 is 1.11. The van der Waals surface area contributed by atoms with E-state index in [2.05, 4.69) is 49.3 Å². The van der Waals surface area contributed by atoms with Gasteiger partial charge in [-0.3, -0.25) is 20.1 Å². The highest BCUT2D eigenvalue weighted by atomic mass is 32.1. The lowest BCUT2D eigenvalue weighted by Crippen LogP contribution is -2.09. The van der Waals surface area contributed by atoms with Gasteiger partial charge in [0, 0.05) is 51.4 Å². The van der Waals surface area contributed by atoms with Gasteiger partial charge in [0.15, 0.2) is 5.13 Å². The minimum atomic E-state index is -0.219. The van der Waals surface area contributed by atoms with Crippen molar-refractivity contribution in [3.05, 3.63) is 66.4 Å². The van der Waals surface area contributed by atoms with Crippen molar-refractivity contribution in [3.8, 4) is 33.1 Å². The summed E-state index contributed by atoms with van der Waals surface area (Å²) in [5.74, 6) is 0. The van der Waals surface area contributed by atoms with E-state index in [4.69, 9.17) is 0 Å². The van der Waals surface area contributed by atoms with Gasteiger partial charge >= 0.3 is 0 Å². The van der Waals surface area contributed by atoms with Crippen LogP contribution in [0.1, 0.15) is 13.8 Å². The maximum atomic E-state index is 13.6. The molecule has 0 aliphatic carbocycles. The molecule has 168 valence electrons. The summed E-state index contributed by atoms with van der Waals surface area (Å²) in [5, 5.41) is 12.7. The summed E-state index contributed by atoms with van der Waals surface area (Å²) in [5.41, 5.74) is 6.88. The number of aromatic nitrogens is 6. The highest BCUT2D eigenvalue weighted by molar-refractivity contribution is 7.14. The minimum absolute atomic E-state index is 0.219. The molecule has 0 unspecified atom stereocenters. The molecule has 0 spiro atoms. The quantitative estimate of drug-likeness (QED) is 0.277. The molecule has 0 aliphatic rings. The number of hydrogen-bond acceptors (Lipinski definition) is 6. The van der Waals surface area contributed by atoms with Crippen LogP contribution in [0, 0.1) is 5.13 Å². The zero-order chi connectivity index (χ0) is 23.2. The number of halogens is 1. The third kappa shape index (κ3) is 3.60. The molecule has 0 bridgehead atoms. The number of anilines is 1. The second-order valence-corrected chi connectivity index (χ2v) is 9.42. The Kier molecular flexibility index (Phi) is 4.84. The summed E-state index contributed by atoms with van der Waals surface area (Å²) < 4.78 is 13.6. The molecule has 6 rings (SSSR count). The Morgan fingerprint density at radius 3 is 2.65 bits per heavy atom. The zero-order valence-electron chi connectivity index (χ0n) is 18.4. The van der Waals surface area contributed by atoms with E-state index in [1.54, 1.807) is 37.1 Å². The van der Waals surface area contributed by atoms with Crippen molar-refractivity contribution < 1.29 is 4.39 Å². The van der Waals surface area contributed by atoms with Crippen LogP contribution in [0.4, 0.5) is 10.1 Å². The number of thiophene rings is 1. The Morgan fingerprint density at radius 1 is 0.941 bits per heavy atom. The summed E-state index contributed by atoms with van der Waals surface area (Å²) in [6.07, 6.45) is 8.93. The van der Waals surface area contributed by atoms with Crippen molar-refractivity contribution in [3.63, 3.8) is 0 Å². The molecule has 0 saturated carbocycles. The predicted octanol–water partition coefficient (Wildman–Crippen LogP) is 6.25. The number of nitrogens with one attached hydrogen (secondary N) is 3. The fourth-order valence-electron chi connectivity index (χ4n) is 4.11. The van der Waals surface area contributed by atoms with Gasteiger partial charge in [-0.25, -0.2) is 0 Å². The molecule has 3 N–H and O–H groups in total. The van der Waals surface area contributed by atoms with E-state index in [0.717, 1.165) is 71.9 Å². The van der Waals surface area contributed by atoms with Crippen LogP contribution in [-0.2, 0) is 0 Å². The fraction of sp³-hybridized carbons (Fsp3) is 0.120. The maximum Gasteiger partial charge on any atom is 0.176 e. The van der Waals surface area contributed by atoms with Crippen LogP contribution in [0.2, 0.25) is 0 Å². The van der Waals surface area contributed by atoms with Crippen LogP contribution in [0.15, 0.2) is 61.3 Å². The van der Waals surface area contributed by atoms with Crippen LogP contribution in [0.5, 0.6) is 0 Å². The van der Waals surface area contributed by atoms with E-state index in [-0.39, 0.29) is 5.13 Å². The molecule has 0 fully saturated rings. The molecule has 0 aromatic carbocycles. The smallest absolute Gasteiger partial charge is 0.176 e. The number of fused-ring (bicyclic) bond motifs is 2. The molecule has 0 aliphatic heterocycles. The Bertz CT molecular complexity index is 1650. The van der Waals surface area contributed by atoms with Crippen LogP contribution >= 0.6 is 11.3 Å². The van der Waals surface area contributed by atoms with Crippen molar-refractivity contribution in [1.82, 2.24) is 30.1 Å². The Balaban J connectivity index is 1.45. The number of nitrogens with zero attached hydrogens (tertiary/aromatic N) is 4. The van der Waals surface area contributed by atoms with Crippen molar-refractivity contribution in [2.24, 2.45) is 0 Å². The van der Waals surface area contributed by atoms with Crippen molar-refractivity contribution in [1.29, 1.82) is 0 Å². The Morgan fingerprint density at radius 2 is 1.82 bits per heavy atom. The van der Waals surface area contributed by atoms with E-state index in [9.17, 15) is 4.39 Å². The molecule has 9 heteroatoms. The van der Waals surface area contributed by atoms with Gasteiger partial charge in [-0.2, -0.15) is 9.49 Å². The van der Waals surface area contributed by atoms with E-state index >= 15 is 0 Å². The van der Waals surface area contributed by atoms with Gasteiger partial charge in [-0.05, 0) is 44.2 Å². The van der Waals surface area contributed by atoms with E-state index in [1.807, 2.05) is 18.2 Å². The van der Waals surface area contributed by atoms with Gasteiger partial charge in [0.25, 0.3) is 0 Å². The summed E-state index contributed by atoms with van der Waals surface area (Å²) in [4.78, 5) is 17.6. The normalized spacial score (nSPS) is 11.6. The number of aromatic amines is 2. The van der Waals surface area contributed by atoms with Crippen LogP contribution in [0.3, 0.4) is 0 Å². The molecular formula is C25H20FN7S. The summed E-state index contributed by atoms with van der Waals surface area (Å²) in [7, 11) is 0. The number of H-pyrrole nitrogens is 2. The largest absolute Gasteiger partial charge is 0.382 e. The van der Waals surface area contributed by atoms with Gasteiger partial charge in [0.05, 0.1) is 40.5 Å². The molecule has 6 aromatic rings. The lowest BCUT2D eigenvalue weighted by molar-refractivity contribution is 0.657. The molecule has 34 heavy (non-hydrogen) atoms. The summed E-state index contributed by atoms with van der Waals surface area (Å²) in [6, 6.07) is 9.66. The Hall–Kier alpha value is -4.11. The highest BCUT2D eigenvalue weighted by Gasteiger charge is 2.16. The van der Waals surface area contributed by atoms with Crippen molar-refractivity contribution in [2.75, 3.05) is 5.32 Å². The van der Waals surface area contributed by atoms with Gasteiger partial charge in [-0.1, -0.05) is 0 Å². The lowest BCUT2D eigenvalue weighted by Gasteiger charge is -2.10. The average Bonchev–Trinajstić information content (AvgIpc) is 3.55.